The molecule has 9 heteroatoms. The van der Waals surface area contributed by atoms with Gasteiger partial charge in [-0.05, 0) is 17.7 Å². The third kappa shape index (κ3) is 4.74. The van der Waals surface area contributed by atoms with E-state index in [0.29, 0.717) is 24.5 Å². The zero-order valence-corrected chi connectivity index (χ0v) is 17.9. The Balaban J connectivity index is 1.49. The summed E-state index contributed by atoms with van der Waals surface area (Å²) in [5.41, 5.74) is 6.39. The van der Waals surface area contributed by atoms with Crippen LogP contribution in [0.4, 0.5) is 11.6 Å². The number of benzene rings is 1. The highest BCUT2D eigenvalue weighted by Crippen LogP contribution is 2.27. The normalized spacial score (nSPS) is 12.1. The van der Waals surface area contributed by atoms with E-state index >= 15 is 0 Å². The lowest BCUT2D eigenvalue weighted by Crippen LogP contribution is -2.79. The number of para-hydroxylation sites is 1. The fourth-order valence-corrected chi connectivity index (χ4v) is 4.12. The molecule has 0 aliphatic heterocycles. The molecule has 31 heavy (non-hydrogen) atoms. The lowest BCUT2D eigenvalue weighted by molar-refractivity contribution is -0.577. The Morgan fingerprint density at radius 3 is 2.97 bits per heavy atom. The predicted molar refractivity (Wildman–Crippen MR) is 123 cm³/mol. The topological polar surface area (TPSA) is 124 Å². The van der Waals surface area contributed by atoms with Crippen LogP contribution in [0, 0.1) is 5.41 Å². The first-order chi connectivity index (χ1) is 15.2. The number of hydrogen-bond donors (Lipinski definition) is 4. The summed E-state index contributed by atoms with van der Waals surface area (Å²) in [6, 6.07) is 10.1. The molecule has 3 aromatic heterocycles. The quantitative estimate of drug-likeness (QED) is 0.300. The second-order valence-corrected chi connectivity index (χ2v) is 8.06. The molecule has 0 aliphatic carbocycles. The number of rotatable bonds is 9. The number of nitrogens with zero attached hydrogens (tertiary/aromatic N) is 4. The molecule has 0 radical (unpaired) electrons. The van der Waals surface area contributed by atoms with Crippen molar-refractivity contribution < 1.29 is 10.4 Å². The molecule has 0 saturated heterocycles. The first-order valence-corrected chi connectivity index (χ1v) is 10.9. The second kappa shape index (κ2) is 9.69. The molecule has 158 valence electrons. The molecule has 8 nitrogen and oxygen atoms in total. The minimum absolute atomic E-state index is 0.0528. The van der Waals surface area contributed by atoms with Crippen LogP contribution in [0.2, 0.25) is 0 Å². The van der Waals surface area contributed by atoms with Gasteiger partial charge in [-0.2, -0.15) is 0 Å². The minimum Gasteiger partial charge on any atom is -0.391 e. The third-order valence-corrected chi connectivity index (χ3v) is 5.84. The predicted octanol–water partition coefficient (Wildman–Crippen LogP) is 2.55. The number of anilines is 1. The summed E-state index contributed by atoms with van der Waals surface area (Å²) in [7, 11) is 0. The van der Waals surface area contributed by atoms with Crippen molar-refractivity contribution in [3.8, 4) is 11.3 Å². The van der Waals surface area contributed by atoms with Gasteiger partial charge in [0.1, 0.15) is 18.7 Å². The van der Waals surface area contributed by atoms with Crippen molar-refractivity contribution in [3.63, 3.8) is 0 Å². The fourth-order valence-electron chi connectivity index (χ4n) is 3.41. The van der Waals surface area contributed by atoms with Crippen LogP contribution in [0.3, 0.4) is 0 Å². The molecule has 0 fully saturated rings. The molecule has 1 unspecified atom stereocenters. The first-order valence-electron chi connectivity index (χ1n) is 10.0. The first kappa shape index (κ1) is 21.0. The molecule has 0 amide bonds. The van der Waals surface area contributed by atoms with Crippen LogP contribution in [0.5, 0.6) is 0 Å². The van der Waals surface area contributed by atoms with Crippen molar-refractivity contribution in [3.05, 3.63) is 59.5 Å². The van der Waals surface area contributed by atoms with E-state index in [-0.39, 0.29) is 12.5 Å². The van der Waals surface area contributed by atoms with Gasteiger partial charge < -0.3 is 15.8 Å². The number of fused-ring (bicyclic) bond motifs is 1. The Hall–Kier alpha value is -3.27. The molecule has 0 spiro atoms. The molecule has 0 saturated carbocycles. The third-order valence-electron chi connectivity index (χ3n) is 5.05. The van der Waals surface area contributed by atoms with Crippen LogP contribution in [0.15, 0.2) is 48.4 Å². The lowest BCUT2D eigenvalue weighted by Gasteiger charge is -2.14. The van der Waals surface area contributed by atoms with Gasteiger partial charge in [0.15, 0.2) is 0 Å². The van der Waals surface area contributed by atoms with Gasteiger partial charge in [0, 0.05) is 36.5 Å². The number of hydrogen-bond acceptors (Lipinski definition) is 8. The van der Waals surface area contributed by atoms with Crippen LogP contribution in [0.1, 0.15) is 24.0 Å². The van der Waals surface area contributed by atoms with Gasteiger partial charge in [-0.3, -0.25) is 5.32 Å². The van der Waals surface area contributed by atoms with Crippen molar-refractivity contribution in [2.45, 2.75) is 12.8 Å². The Bertz CT molecular complexity index is 1190. The summed E-state index contributed by atoms with van der Waals surface area (Å²) in [6.07, 6.45) is 4.52. The number of aliphatic hydroxyl groups is 1. The average Bonchev–Trinajstić information content (AvgIpc) is 3.30. The highest BCUT2D eigenvalue weighted by Gasteiger charge is 2.13. The smallest absolute Gasteiger partial charge is 0.233 e. The van der Waals surface area contributed by atoms with Crippen molar-refractivity contribution in [1.82, 2.24) is 19.9 Å². The van der Waals surface area contributed by atoms with Crippen LogP contribution in [-0.4, -0.2) is 51.0 Å². The Kier molecular flexibility index (Phi) is 6.56. The van der Waals surface area contributed by atoms with E-state index in [0.717, 1.165) is 22.6 Å². The minimum atomic E-state index is 0.0528. The summed E-state index contributed by atoms with van der Waals surface area (Å²) >= 11 is 1.65. The zero-order chi connectivity index (χ0) is 21.6. The molecular formula is C22H24N7OS+. The number of nitrogens with one attached hydrogen (secondary N) is 2. The summed E-state index contributed by atoms with van der Waals surface area (Å²) in [4.78, 5) is 17.7. The molecular weight excluding hydrogens is 410 g/mol. The molecule has 1 atom stereocenters. The summed E-state index contributed by atoms with van der Waals surface area (Å²) in [5.74, 6) is 1.68. The van der Waals surface area contributed by atoms with Crippen molar-refractivity contribution in [2.24, 2.45) is 0 Å². The van der Waals surface area contributed by atoms with Gasteiger partial charge >= 0.3 is 0 Å². The van der Waals surface area contributed by atoms with E-state index in [1.54, 1.807) is 17.5 Å². The Morgan fingerprint density at radius 2 is 2.13 bits per heavy atom. The SMILES string of the molecule is CC(CNc1cc(-c2cnc([NH2+]CCO)c(C=N)c2)ncn1)c1cccc2scnc12. The summed E-state index contributed by atoms with van der Waals surface area (Å²) in [5, 5.41) is 21.9. The standard InChI is InChI=1S/C22H23N7OS/c1-14(17-3-2-4-19-21(17)29-13-31-19)10-25-20-8-18(27-12-28-20)16-7-15(9-23)22(26-11-16)24-5-6-30/h2-4,7-9,11-14,23,30H,5-6,10H2,1H3,(H,24,26)(H,25,27,28)/p+1. The summed E-state index contributed by atoms with van der Waals surface area (Å²) < 4.78 is 1.20. The number of quaternary nitrogens is 1. The van der Waals surface area contributed by atoms with Gasteiger partial charge in [0.2, 0.25) is 5.82 Å². The molecule has 4 aromatic rings. The number of aromatic nitrogens is 4. The van der Waals surface area contributed by atoms with Crippen molar-refractivity contribution in [2.75, 3.05) is 25.0 Å². The molecule has 4 rings (SSSR count). The molecule has 5 N–H and O–H groups in total. The number of pyridine rings is 1. The fraction of sp³-hybridized carbons (Fsp3) is 0.227. The molecule has 0 bridgehead atoms. The van der Waals surface area contributed by atoms with E-state index in [1.165, 1.54) is 22.8 Å². The maximum absolute atomic E-state index is 9.01. The summed E-state index contributed by atoms with van der Waals surface area (Å²) in [6.45, 7) is 3.44. The Labute approximate surface area is 184 Å². The molecule has 0 aliphatic rings. The van der Waals surface area contributed by atoms with Crippen molar-refractivity contribution >= 4 is 39.4 Å². The number of nitrogens with two attached hydrogens (primary N) is 1. The number of thiazole rings is 1. The monoisotopic (exact) mass is 434 g/mol. The highest BCUT2D eigenvalue weighted by atomic mass is 32.1. The van der Waals surface area contributed by atoms with Gasteiger partial charge in [-0.15, -0.1) is 11.3 Å². The maximum atomic E-state index is 9.01. The molecule has 3 heterocycles. The van der Waals surface area contributed by atoms with Gasteiger partial charge in [0.25, 0.3) is 0 Å². The number of aliphatic hydroxyl groups excluding tert-OH is 1. The second-order valence-electron chi connectivity index (χ2n) is 7.18. The Morgan fingerprint density at radius 1 is 1.23 bits per heavy atom. The molecule has 1 aromatic carbocycles. The van der Waals surface area contributed by atoms with E-state index in [1.807, 2.05) is 23.0 Å². The van der Waals surface area contributed by atoms with Crippen LogP contribution in [-0.2, 0) is 0 Å². The van der Waals surface area contributed by atoms with Crippen molar-refractivity contribution in [1.29, 1.82) is 5.41 Å². The van der Waals surface area contributed by atoms with Crippen LogP contribution >= 0.6 is 11.3 Å². The van der Waals surface area contributed by atoms with E-state index in [4.69, 9.17) is 10.5 Å². The lowest BCUT2D eigenvalue weighted by atomic mass is 10.00. The van der Waals surface area contributed by atoms with Gasteiger partial charge in [0.05, 0.1) is 33.6 Å². The van der Waals surface area contributed by atoms with E-state index in [2.05, 4.69) is 50.4 Å². The average molecular weight is 435 g/mol. The van der Waals surface area contributed by atoms with Crippen LogP contribution < -0.4 is 10.6 Å². The largest absolute Gasteiger partial charge is 0.391 e. The van der Waals surface area contributed by atoms with E-state index < -0.39 is 0 Å². The highest BCUT2D eigenvalue weighted by molar-refractivity contribution is 7.16. The zero-order valence-electron chi connectivity index (χ0n) is 17.1. The van der Waals surface area contributed by atoms with Gasteiger partial charge in [-0.25, -0.2) is 19.9 Å². The maximum Gasteiger partial charge on any atom is 0.233 e. The van der Waals surface area contributed by atoms with Crippen LogP contribution in [0.25, 0.3) is 21.5 Å². The van der Waals surface area contributed by atoms with Gasteiger partial charge in [-0.1, -0.05) is 19.1 Å². The van der Waals surface area contributed by atoms with E-state index in [9.17, 15) is 0 Å².